The fourth-order valence-electron chi connectivity index (χ4n) is 3.54. The standard InChI is InChI=1S/C13H22N4/c1-2-5-17-13(15-9-16-17)8-14-12-7-10-3-4-11(12)6-10/h9-12,14H,2-8H2,1H3. The molecule has 1 heterocycles. The van der Waals surface area contributed by atoms with Crippen LogP contribution in [0.2, 0.25) is 0 Å². The minimum Gasteiger partial charge on any atom is -0.307 e. The van der Waals surface area contributed by atoms with E-state index < -0.39 is 0 Å². The summed E-state index contributed by atoms with van der Waals surface area (Å²) in [4.78, 5) is 4.35. The van der Waals surface area contributed by atoms with Crippen molar-refractivity contribution in [2.75, 3.05) is 0 Å². The molecule has 1 N–H and O–H groups in total. The van der Waals surface area contributed by atoms with Gasteiger partial charge in [-0.1, -0.05) is 13.3 Å². The molecule has 2 aliphatic rings. The SMILES string of the molecule is CCCn1ncnc1CNC1CC2CCC1C2. The minimum absolute atomic E-state index is 0.737. The van der Waals surface area contributed by atoms with Gasteiger partial charge >= 0.3 is 0 Å². The second kappa shape index (κ2) is 4.77. The van der Waals surface area contributed by atoms with E-state index in [1.165, 1.54) is 25.7 Å². The van der Waals surface area contributed by atoms with Crippen LogP contribution in [0.15, 0.2) is 6.33 Å². The van der Waals surface area contributed by atoms with Crippen LogP contribution in [0.5, 0.6) is 0 Å². The second-order valence-corrected chi connectivity index (χ2v) is 5.56. The van der Waals surface area contributed by atoms with Crippen LogP contribution >= 0.6 is 0 Å². The van der Waals surface area contributed by atoms with Gasteiger partial charge in [0.15, 0.2) is 0 Å². The molecule has 0 aliphatic heterocycles. The van der Waals surface area contributed by atoms with Crippen molar-refractivity contribution in [3.05, 3.63) is 12.2 Å². The normalized spacial score (nSPS) is 31.2. The summed E-state index contributed by atoms with van der Waals surface area (Å²) in [6.45, 7) is 4.04. The van der Waals surface area contributed by atoms with E-state index in [0.29, 0.717) is 0 Å². The van der Waals surface area contributed by atoms with E-state index in [2.05, 4.69) is 22.3 Å². The molecule has 17 heavy (non-hydrogen) atoms. The summed E-state index contributed by atoms with van der Waals surface area (Å²) in [6.07, 6.45) is 8.53. The number of aryl methyl sites for hydroxylation is 1. The topological polar surface area (TPSA) is 42.7 Å². The van der Waals surface area contributed by atoms with Gasteiger partial charge in [0.25, 0.3) is 0 Å². The van der Waals surface area contributed by atoms with Gasteiger partial charge in [-0.3, -0.25) is 0 Å². The Hall–Kier alpha value is -0.900. The number of nitrogens with one attached hydrogen (secondary N) is 1. The van der Waals surface area contributed by atoms with Crippen LogP contribution in [0.4, 0.5) is 0 Å². The molecule has 0 amide bonds. The van der Waals surface area contributed by atoms with Crippen LogP contribution in [0, 0.1) is 11.8 Å². The van der Waals surface area contributed by atoms with E-state index in [1.807, 2.05) is 4.68 Å². The van der Waals surface area contributed by atoms with Crippen molar-refractivity contribution in [1.29, 1.82) is 0 Å². The Morgan fingerprint density at radius 1 is 1.41 bits per heavy atom. The molecule has 3 atom stereocenters. The number of fused-ring (bicyclic) bond motifs is 2. The first kappa shape index (κ1) is 11.2. The quantitative estimate of drug-likeness (QED) is 0.847. The summed E-state index contributed by atoms with van der Waals surface area (Å²) < 4.78 is 2.03. The number of nitrogens with zero attached hydrogens (tertiary/aromatic N) is 3. The molecule has 0 spiro atoms. The number of rotatable bonds is 5. The maximum atomic E-state index is 4.35. The molecule has 1 aromatic rings. The summed E-state index contributed by atoms with van der Waals surface area (Å²) in [5.74, 6) is 3.03. The molecule has 2 fully saturated rings. The predicted octanol–water partition coefficient (Wildman–Crippen LogP) is 1.97. The highest BCUT2D eigenvalue weighted by atomic mass is 15.3. The Labute approximate surface area is 103 Å². The lowest BCUT2D eigenvalue weighted by Gasteiger charge is -2.22. The molecule has 4 nitrogen and oxygen atoms in total. The van der Waals surface area contributed by atoms with Gasteiger partial charge in [0.05, 0.1) is 6.54 Å². The van der Waals surface area contributed by atoms with Crippen molar-refractivity contribution in [3.8, 4) is 0 Å². The molecular weight excluding hydrogens is 212 g/mol. The van der Waals surface area contributed by atoms with E-state index in [9.17, 15) is 0 Å². The highest BCUT2D eigenvalue weighted by molar-refractivity contribution is 4.95. The van der Waals surface area contributed by atoms with Crippen LogP contribution in [0.1, 0.15) is 44.9 Å². The largest absolute Gasteiger partial charge is 0.307 e. The van der Waals surface area contributed by atoms with Gasteiger partial charge in [-0.25, -0.2) is 9.67 Å². The fraction of sp³-hybridized carbons (Fsp3) is 0.846. The Morgan fingerprint density at radius 3 is 3.06 bits per heavy atom. The Kier molecular flexibility index (Phi) is 3.14. The molecular formula is C13H22N4. The Bertz CT molecular complexity index is 373. The molecule has 1 aromatic heterocycles. The molecule has 94 valence electrons. The van der Waals surface area contributed by atoms with Crippen molar-refractivity contribution in [1.82, 2.24) is 20.1 Å². The highest BCUT2D eigenvalue weighted by Gasteiger charge is 2.39. The maximum absolute atomic E-state index is 4.35. The average molecular weight is 234 g/mol. The molecule has 2 bridgehead atoms. The van der Waals surface area contributed by atoms with Crippen molar-refractivity contribution in [3.63, 3.8) is 0 Å². The Morgan fingerprint density at radius 2 is 2.35 bits per heavy atom. The maximum Gasteiger partial charge on any atom is 0.140 e. The van der Waals surface area contributed by atoms with E-state index >= 15 is 0 Å². The van der Waals surface area contributed by atoms with Gasteiger partial charge in [0, 0.05) is 12.6 Å². The van der Waals surface area contributed by atoms with Gasteiger partial charge in [-0.05, 0) is 37.5 Å². The third-order valence-corrected chi connectivity index (χ3v) is 4.39. The lowest BCUT2D eigenvalue weighted by atomic mass is 9.95. The zero-order valence-corrected chi connectivity index (χ0v) is 10.6. The van der Waals surface area contributed by atoms with E-state index in [-0.39, 0.29) is 0 Å². The second-order valence-electron chi connectivity index (χ2n) is 5.56. The monoisotopic (exact) mass is 234 g/mol. The molecule has 3 rings (SSSR count). The summed E-state index contributed by atoms with van der Waals surface area (Å²) >= 11 is 0. The van der Waals surface area contributed by atoms with Crippen LogP contribution < -0.4 is 5.32 Å². The molecule has 0 saturated heterocycles. The highest BCUT2D eigenvalue weighted by Crippen LogP contribution is 2.44. The first-order valence-electron chi connectivity index (χ1n) is 6.97. The van der Waals surface area contributed by atoms with Crippen molar-refractivity contribution in [2.45, 2.75) is 58.2 Å². The van der Waals surface area contributed by atoms with Gasteiger partial charge in [0.2, 0.25) is 0 Å². The first-order valence-corrected chi connectivity index (χ1v) is 6.97. The zero-order chi connectivity index (χ0) is 11.7. The van der Waals surface area contributed by atoms with E-state index in [4.69, 9.17) is 0 Å². The number of hydrogen-bond acceptors (Lipinski definition) is 3. The van der Waals surface area contributed by atoms with Gasteiger partial charge in [0.1, 0.15) is 12.2 Å². The lowest BCUT2D eigenvalue weighted by Crippen LogP contribution is -2.34. The van der Waals surface area contributed by atoms with Gasteiger partial charge < -0.3 is 5.32 Å². The summed E-state index contributed by atoms with van der Waals surface area (Å²) in [5.41, 5.74) is 0. The van der Waals surface area contributed by atoms with Crippen LogP contribution in [-0.4, -0.2) is 20.8 Å². The summed E-state index contributed by atoms with van der Waals surface area (Å²) in [6, 6.07) is 0.737. The molecule has 3 unspecified atom stereocenters. The van der Waals surface area contributed by atoms with Crippen molar-refractivity contribution < 1.29 is 0 Å². The molecule has 2 aliphatic carbocycles. The fourth-order valence-corrected chi connectivity index (χ4v) is 3.54. The van der Waals surface area contributed by atoms with Crippen molar-refractivity contribution in [2.24, 2.45) is 11.8 Å². The molecule has 4 heteroatoms. The third kappa shape index (κ3) is 2.23. The zero-order valence-electron chi connectivity index (χ0n) is 10.6. The van der Waals surface area contributed by atoms with Gasteiger partial charge in [-0.2, -0.15) is 5.10 Å². The first-order chi connectivity index (χ1) is 8.36. The van der Waals surface area contributed by atoms with Crippen molar-refractivity contribution >= 4 is 0 Å². The lowest BCUT2D eigenvalue weighted by molar-refractivity contribution is 0.344. The summed E-state index contributed by atoms with van der Waals surface area (Å²) in [7, 11) is 0. The predicted molar refractivity (Wildman–Crippen MR) is 66.4 cm³/mol. The van der Waals surface area contributed by atoms with E-state index in [1.54, 1.807) is 6.33 Å². The van der Waals surface area contributed by atoms with Crippen LogP contribution in [0.25, 0.3) is 0 Å². The third-order valence-electron chi connectivity index (χ3n) is 4.39. The van der Waals surface area contributed by atoms with E-state index in [0.717, 1.165) is 43.2 Å². The molecule has 0 radical (unpaired) electrons. The molecule has 0 aromatic carbocycles. The van der Waals surface area contributed by atoms with Crippen LogP contribution in [0.3, 0.4) is 0 Å². The molecule has 2 saturated carbocycles. The van der Waals surface area contributed by atoms with Crippen LogP contribution in [-0.2, 0) is 13.1 Å². The Balaban J connectivity index is 1.55. The average Bonchev–Trinajstić information content (AvgIpc) is 3.02. The minimum atomic E-state index is 0.737. The van der Waals surface area contributed by atoms with Gasteiger partial charge in [-0.15, -0.1) is 0 Å². The summed E-state index contributed by atoms with van der Waals surface area (Å²) in [5, 5.41) is 7.96. The number of hydrogen-bond donors (Lipinski definition) is 1. The smallest absolute Gasteiger partial charge is 0.140 e. The number of aromatic nitrogens is 3.